The molecule has 0 atom stereocenters. The van der Waals surface area contributed by atoms with E-state index >= 15 is 0 Å². The third kappa shape index (κ3) is 2.53. The van der Waals surface area contributed by atoms with Crippen molar-refractivity contribution in [3.8, 4) is 0 Å². The number of benzene rings is 1. The van der Waals surface area contributed by atoms with Crippen molar-refractivity contribution in [3.05, 3.63) is 34.6 Å². The molecule has 0 aliphatic heterocycles. The van der Waals surface area contributed by atoms with Crippen molar-refractivity contribution in [2.75, 3.05) is 5.73 Å². The molecule has 2 rings (SSSR count). The molecule has 0 saturated carbocycles. The number of rotatable bonds is 3. The number of nitrogens with zero attached hydrogens (tertiary/aromatic N) is 3. The van der Waals surface area contributed by atoms with Crippen LogP contribution in [0.1, 0.15) is 5.56 Å². The van der Waals surface area contributed by atoms with Gasteiger partial charge in [-0.25, -0.2) is 4.39 Å². The lowest BCUT2D eigenvalue weighted by Crippen LogP contribution is -1.98. The molecule has 1 aromatic heterocycles. The van der Waals surface area contributed by atoms with Crippen LogP contribution < -0.4 is 5.73 Å². The van der Waals surface area contributed by atoms with E-state index in [-0.39, 0.29) is 5.02 Å². The molecule has 0 amide bonds. The minimum absolute atomic E-state index is 0.148. The number of thioether (sulfide) groups is 1. The van der Waals surface area contributed by atoms with E-state index in [9.17, 15) is 4.39 Å². The van der Waals surface area contributed by atoms with E-state index in [4.69, 9.17) is 17.3 Å². The molecule has 7 heteroatoms. The van der Waals surface area contributed by atoms with Crippen molar-refractivity contribution < 1.29 is 4.39 Å². The topological polar surface area (TPSA) is 56.7 Å². The number of nitrogen functional groups attached to an aromatic ring is 1. The zero-order chi connectivity index (χ0) is 12.4. The maximum atomic E-state index is 13.2. The Bertz CT molecular complexity index is 543. The smallest absolute Gasteiger partial charge is 0.222 e. The first-order valence-electron chi connectivity index (χ1n) is 4.80. The number of anilines is 1. The Labute approximate surface area is 107 Å². The minimum Gasteiger partial charge on any atom is -0.368 e. The van der Waals surface area contributed by atoms with Gasteiger partial charge < -0.3 is 5.73 Å². The number of nitrogens with two attached hydrogens (primary N) is 1. The fourth-order valence-corrected chi connectivity index (χ4v) is 2.44. The quantitative estimate of drug-likeness (QED) is 0.872. The van der Waals surface area contributed by atoms with Crippen LogP contribution in [0.3, 0.4) is 0 Å². The summed E-state index contributed by atoms with van der Waals surface area (Å²) < 4.78 is 14.9. The Hall–Kier alpha value is -1.27. The maximum Gasteiger partial charge on any atom is 0.222 e. The van der Waals surface area contributed by atoms with Gasteiger partial charge in [-0.15, -0.1) is 10.2 Å². The van der Waals surface area contributed by atoms with Crippen molar-refractivity contribution in [1.82, 2.24) is 14.8 Å². The zero-order valence-corrected chi connectivity index (χ0v) is 10.6. The Morgan fingerprint density at radius 2 is 2.24 bits per heavy atom. The lowest BCUT2D eigenvalue weighted by molar-refractivity contribution is 0.627. The van der Waals surface area contributed by atoms with Gasteiger partial charge in [0.15, 0.2) is 5.16 Å². The summed E-state index contributed by atoms with van der Waals surface area (Å²) in [4.78, 5) is 0. The van der Waals surface area contributed by atoms with E-state index in [0.29, 0.717) is 16.9 Å². The first kappa shape index (κ1) is 12.2. The molecule has 0 aliphatic carbocycles. The number of hydrogen-bond donors (Lipinski definition) is 1. The summed E-state index contributed by atoms with van der Waals surface area (Å²) in [6, 6.07) is 4.73. The van der Waals surface area contributed by atoms with Crippen LogP contribution in [0, 0.1) is 5.82 Å². The first-order chi connectivity index (χ1) is 8.09. The van der Waals surface area contributed by atoms with E-state index in [1.54, 1.807) is 23.7 Å². The molecule has 0 fully saturated rings. The van der Waals surface area contributed by atoms with Gasteiger partial charge in [0, 0.05) is 12.8 Å². The highest BCUT2D eigenvalue weighted by molar-refractivity contribution is 7.98. The lowest BCUT2D eigenvalue weighted by Gasteiger charge is -2.04. The van der Waals surface area contributed by atoms with E-state index in [1.807, 2.05) is 0 Å². The molecule has 1 heterocycles. The molecule has 4 nitrogen and oxygen atoms in total. The molecular formula is C10H10ClFN4S. The molecule has 0 spiro atoms. The molecule has 0 bridgehead atoms. The Balaban J connectivity index is 2.13. The Morgan fingerprint density at radius 3 is 2.88 bits per heavy atom. The van der Waals surface area contributed by atoms with E-state index in [0.717, 1.165) is 5.56 Å². The molecule has 0 aliphatic rings. The van der Waals surface area contributed by atoms with Crippen LogP contribution in [-0.4, -0.2) is 14.8 Å². The van der Waals surface area contributed by atoms with E-state index < -0.39 is 5.82 Å². The second-order valence-corrected chi connectivity index (χ2v) is 4.72. The zero-order valence-electron chi connectivity index (χ0n) is 9.02. The molecule has 0 radical (unpaired) electrons. The summed E-state index contributed by atoms with van der Waals surface area (Å²) in [5, 5.41) is 8.45. The minimum atomic E-state index is -0.415. The molecular weight excluding hydrogens is 263 g/mol. The predicted octanol–water partition coefficient (Wildman–Crippen LogP) is 2.48. The van der Waals surface area contributed by atoms with Crippen LogP contribution in [0.5, 0.6) is 0 Å². The predicted molar refractivity (Wildman–Crippen MR) is 66.4 cm³/mol. The molecule has 0 unspecified atom stereocenters. The van der Waals surface area contributed by atoms with Gasteiger partial charge in [0.2, 0.25) is 5.95 Å². The van der Waals surface area contributed by atoms with Gasteiger partial charge >= 0.3 is 0 Å². The van der Waals surface area contributed by atoms with Gasteiger partial charge in [-0.1, -0.05) is 35.5 Å². The highest BCUT2D eigenvalue weighted by Gasteiger charge is 2.09. The van der Waals surface area contributed by atoms with E-state index in [2.05, 4.69) is 10.2 Å². The van der Waals surface area contributed by atoms with E-state index in [1.165, 1.54) is 17.8 Å². The molecule has 1 aromatic carbocycles. The first-order valence-corrected chi connectivity index (χ1v) is 6.16. The molecule has 2 N–H and O–H groups in total. The summed E-state index contributed by atoms with van der Waals surface area (Å²) in [5.41, 5.74) is 6.27. The van der Waals surface area contributed by atoms with Gasteiger partial charge in [-0.2, -0.15) is 0 Å². The molecule has 90 valence electrons. The molecule has 0 saturated heterocycles. The third-order valence-electron chi connectivity index (χ3n) is 2.26. The third-order valence-corrected chi connectivity index (χ3v) is 3.75. The fraction of sp³-hybridized carbons (Fsp3) is 0.200. The average molecular weight is 273 g/mol. The number of hydrogen-bond acceptors (Lipinski definition) is 4. The summed E-state index contributed by atoms with van der Waals surface area (Å²) in [6.45, 7) is 0. The van der Waals surface area contributed by atoms with Crippen LogP contribution in [0.15, 0.2) is 23.4 Å². The SMILES string of the molecule is Cn1c(N)nnc1SCc1cccc(F)c1Cl. The van der Waals surface area contributed by atoms with Crippen LogP contribution in [0.25, 0.3) is 0 Å². The van der Waals surface area contributed by atoms with Crippen LogP contribution in [0.2, 0.25) is 5.02 Å². The largest absolute Gasteiger partial charge is 0.368 e. The number of halogens is 2. The van der Waals surface area contributed by atoms with Gasteiger partial charge in [-0.3, -0.25) is 4.57 Å². The molecule has 17 heavy (non-hydrogen) atoms. The summed E-state index contributed by atoms with van der Waals surface area (Å²) >= 11 is 7.25. The average Bonchev–Trinajstić information content (AvgIpc) is 2.62. The van der Waals surface area contributed by atoms with Crippen molar-refractivity contribution >= 4 is 29.3 Å². The van der Waals surface area contributed by atoms with Gasteiger partial charge in [-0.05, 0) is 11.6 Å². The van der Waals surface area contributed by atoms with Crippen molar-refractivity contribution in [2.24, 2.45) is 7.05 Å². The second-order valence-electron chi connectivity index (χ2n) is 3.40. The maximum absolute atomic E-state index is 13.2. The van der Waals surface area contributed by atoms with Gasteiger partial charge in [0.05, 0.1) is 5.02 Å². The monoisotopic (exact) mass is 272 g/mol. The standard InChI is InChI=1S/C10H10ClFN4S/c1-16-9(13)14-15-10(16)17-5-6-3-2-4-7(12)8(6)11/h2-4H,5H2,1H3,(H2,13,14). The normalized spacial score (nSPS) is 10.8. The Kier molecular flexibility index (Phi) is 3.54. The van der Waals surface area contributed by atoms with Gasteiger partial charge in [0.1, 0.15) is 5.82 Å². The second kappa shape index (κ2) is 4.93. The summed E-state index contributed by atoms with van der Waals surface area (Å²) in [7, 11) is 1.77. The highest BCUT2D eigenvalue weighted by Crippen LogP contribution is 2.27. The van der Waals surface area contributed by atoms with Crippen LogP contribution in [0.4, 0.5) is 10.3 Å². The van der Waals surface area contributed by atoms with Crippen LogP contribution in [-0.2, 0) is 12.8 Å². The Morgan fingerprint density at radius 1 is 1.47 bits per heavy atom. The summed E-state index contributed by atoms with van der Waals surface area (Å²) in [6.07, 6.45) is 0. The van der Waals surface area contributed by atoms with Gasteiger partial charge in [0.25, 0.3) is 0 Å². The highest BCUT2D eigenvalue weighted by atomic mass is 35.5. The lowest BCUT2D eigenvalue weighted by atomic mass is 10.2. The summed E-state index contributed by atoms with van der Waals surface area (Å²) in [5.74, 6) is 0.447. The van der Waals surface area contributed by atoms with Crippen molar-refractivity contribution in [3.63, 3.8) is 0 Å². The van der Waals surface area contributed by atoms with Crippen molar-refractivity contribution in [2.45, 2.75) is 10.9 Å². The molecule has 2 aromatic rings. The number of aromatic nitrogens is 3. The van der Waals surface area contributed by atoms with Crippen molar-refractivity contribution in [1.29, 1.82) is 0 Å². The fourth-order valence-electron chi connectivity index (χ4n) is 1.25. The van der Waals surface area contributed by atoms with Crippen LogP contribution >= 0.6 is 23.4 Å².